The van der Waals surface area contributed by atoms with Crippen LogP contribution in [0.3, 0.4) is 0 Å². The molecule has 0 aliphatic heterocycles. The highest BCUT2D eigenvalue weighted by Crippen LogP contribution is 2.21. The molecule has 0 saturated heterocycles. The molecule has 18 heavy (non-hydrogen) atoms. The molecular weight excluding hydrogens is 268 g/mol. The maximum absolute atomic E-state index is 11.9. The van der Waals surface area contributed by atoms with Gasteiger partial charge in [-0.1, -0.05) is 23.7 Å². The highest BCUT2D eigenvalue weighted by atomic mass is 35.5. The first kappa shape index (κ1) is 12.9. The first-order valence-corrected chi connectivity index (χ1v) is 6.79. The molecule has 3 nitrogen and oxygen atoms in total. The summed E-state index contributed by atoms with van der Waals surface area (Å²) in [5.41, 5.74) is 6.50. The molecule has 3 N–H and O–H groups in total. The van der Waals surface area contributed by atoms with Gasteiger partial charge in [0.05, 0.1) is 10.6 Å². The maximum atomic E-state index is 11.9. The lowest BCUT2D eigenvalue weighted by Crippen LogP contribution is -2.26. The molecule has 0 bridgehead atoms. The van der Waals surface area contributed by atoms with Crippen LogP contribution in [0, 0.1) is 0 Å². The lowest BCUT2D eigenvalue weighted by molar-refractivity contribution is 0.0955. The van der Waals surface area contributed by atoms with Crippen LogP contribution in [0.1, 0.15) is 15.2 Å². The van der Waals surface area contributed by atoms with Gasteiger partial charge in [0, 0.05) is 17.1 Å². The molecule has 0 atom stereocenters. The lowest BCUT2D eigenvalue weighted by Gasteiger charge is -2.08. The highest BCUT2D eigenvalue weighted by molar-refractivity contribution is 7.09. The minimum Gasteiger partial charge on any atom is -0.398 e. The van der Waals surface area contributed by atoms with Crippen molar-refractivity contribution < 1.29 is 4.79 Å². The van der Waals surface area contributed by atoms with Gasteiger partial charge in [0.25, 0.3) is 5.91 Å². The molecule has 0 saturated carbocycles. The molecule has 1 heterocycles. The summed E-state index contributed by atoms with van der Waals surface area (Å²) in [7, 11) is 0. The van der Waals surface area contributed by atoms with Gasteiger partial charge in [0.15, 0.2) is 0 Å². The number of thiophene rings is 1. The number of carbonyl (C=O) groups is 1. The van der Waals surface area contributed by atoms with Gasteiger partial charge in [-0.3, -0.25) is 4.79 Å². The molecule has 0 aliphatic carbocycles. The first-order valence-electron chi connectivity index (χ1n) is 5.53. The molecule has 5 heteroatoms. The van der Waals surface area contributed by atoms with Crippen LogP contribution in [-0.2, 0) is 6.42 Å². The van der Waals surface area contributed by atoms with E-state index in [1.165, 1.54) is 4.88 Å². The smallest absolute Gasteiger partial charge is 0.254 e. The van der Waals surface area contributed by atoms with Crippen LogP contribution in [0.2, 0.25) is 5.02 Å². The third kappa shape index (κ3) is 3.03. The van der Waals surface area contributed by atoms with Crippen LogP contribution in [0.4, 0.5) is 5.69 Å². The van der Waals surface area contributed by atoms with Crippen molar-refractivity contribution in [2.75, 3.05) is 12.3 Å². The maximum Gasteiger partial charge on any atom is 0.254 e. The van der Waals surface area contributed by atoms with E-state index < -0.39 is 0 Å². The molecule has 0 fully saturated rings. The number of nitrogens with two attached hydrogens (primary N) is 1. The van der Waals surface area contributed by atoms with Gasteiger partial charge in [-0.05, 0) is 30.0 Å². The van der Waals surface area contributed by atoms with Gasteiger partial charge in [0.1, 0.15) is 0 Å². The van der Waals surface area contributed by atoms with Crippen LogP contribution in [-0.4, -0.2) is 12.5 Å². The standard InChI is InChI=1S/C13H13ClN2OS/c14-10-4-1-5-11(15)12(10)13(17)16-7-6-9-3-2-8-18-9/h1-5,8H,6-7,15H2,(H,16,17). The number of benzene rings is 1. The Hall–Kier alpha value is -1.52. The number of hydrogen-bond acceptors (Lipinski definition) is 3. The molecule has 2 rings (SSSR count). The molecule has 0 aliphatic rings. The Morgan fingerprint density at radius 1 is 1.33 bits per heavy atom. The largest absolute Gasteiger partial charge is 0.398 e. The van der Waals surface area contributed by atoms with Gasteiger partial charge < -0.3 is 11.1 Å². The summed E-state index contributed by atoms with van der Waals surface area (Å²) in [4.78, 5) is 13.2. The number of rotatable bonds is 4. The second kappa shape index (κ2) is 5.89. The van der Waals surface area contributed by atoms with Gasteiger partial charge in [-0.15, -0.1) is 11.3 Å². The van der Waals surface area contributed by atoms with E-state index >= 15 is 0 Å². The Morgan fingerprint density at radius 3 is 2.83 bits per heavy atom. The van der Waals surface area contributed by atoms with Crippen LogP contribution < -0.4 is 11.1 Å². The Kier molecular flexibility index (Phi) is 4.23. The zero-order valence-electron chi connectivity index (χ0n) is 9.65. The number of anilines is 1. The average molecular weight is 281 g/mol. The fourth-order valence-electron chi connectivity index (χ4n) is 1.62. The van der Waals surface area contributed by atoms with Crippen LogP contribution in [0.25, 0.3) is 0 Å². The van der Waals surface area contributed by atoms with Crippen molar-refractivity contribution in [2.45, 2.75) is 6.42 Å². The van der Waals surface area contributed by atoms with Crippen molar-refractivity contribution in [3.05, 3.63) is 51.2 Å². The van der Waals surface area contributed by atoms with E-state index in [1.54, 1.807) is 29.5 Å². The fourth-order valence-corrected chi connectivity index (χ4v) is 2.60. The summed E-state index contributed by atoms with van der Waals surface area (Å²) in [6.45, 7) is 0.573. The summed E-state index contributed by atoms with van der Waals surface area (Å²) in [6, 6.07) is 9.08. The molecule has 1 aromatic heterocycles. The molecule has 2 aromatic rings. The van der Waals surface area contributed by atoms with Gasteiger partial charge in [-0.25, -0.2) is 0 Å². The Labute approximate surface area is 115 Å². The number of halogens is 1. The predicted molar refractivity (Wildman–Crippen MR) is 76.2 cm³/mol. The average Bonchev–Trinajstić information content (AvgIpc) is 2.82. The Bertz CT molecular complexity index is 520. The summed E-state index contributed by atoms with van der Waals surface area (Å²) < 4.78 is 0. The third-order valence-corrected chi connectivity index (χ3v) is 3.76. The SMILES string of the molecule is Nc1cccc(Cl)c1C(=O)NCCc1cccs1. The van der Waals surface area contributed by atoms with E-state index in [9.17, 15) is 4.79 Å². The van der Waals surface area contributed by atoms with Crippen molar-refractivity contribution in [1.29, 1.82) is 0 Å². The van der Waals surface area contributed by atoms with Crippen molar-refractivity contribution in [1.82, 2.24) is 5.32 Å². The highest BCUT2D eigenvalue weighted by Gasteiger charge is 2.12. The quantitative estimate of drug-likeness (QED) is 0.846. The Morgan fingerprint density at radius 2 is 2.17 bits per heavy atom. The minimum atomic E-state index is -0.227. The van der Waals surface area contributed by atoms with E-state index in [0.717, 1.165) is 6.42 Å². The fraction of sp³-hybridized carbons (Fsp3) is 0.154. The van der Waals surface area contributed by atoms with Crippen LogP contribution >= 0.6 is 22.9 Å². The number of nitrogens with one attached hydrogen (secondary N) is 1. The third-order valence-electron chi connectivity index (χ3n) is 2.51. The van der Waals surface area contributed by atoms with Crippen molar-refractivity contribution >= 4 is 34.5 Å². The Balaban J connectivity index is 1.96. The number of carbonyl (C=O) groups excluding carboxylic acids is 1. The molecule has 0 unspecified atom stereocenters. The second-order valence-corrected chi connectivity index (χ2v) is 5.23. The van der Waals surface area contributed by atoms with Crippen molar-refractivity contribution in [2.24, 2.45) is 0 Å². The lowest BCUT2D eigenvalue weighted by atomic mass is 10.1. The summed E-state index contributed by atoms with van der Waals surface area (Å²) in [5.74, 6) is -0.227. The number of amides is 1. The summed E-state index contributed by atoms with van der Waals surface area (Å²) >= 11 is 7.64. The summed E-state index contributed by atoms with van der Waals surface area (Å²) in [5, 5.41) is 5.22. The zero-order valence-corrected chi connectivity index (χ0v) is 11.2. The predicted octanol–water partition coefficient (Wildman–Crippen LogP) is 2.96. The topological polar surface area (TPSA) is 55.1 Å². The van der Waals surface area contributed by atoms with E-state index in [4.69, 9.17) is 17.3 Å². The monoisotopic (exact) mass is 280 g/mol. The molecule has 0 spiro atoms. The normalized spacial score (nSPS) is 10.3. The first-order chi connectivity index (χ1) is 8.68. The second-order valence-electron chi connectivity index (χ2n) is 3.79. The molecule has 0 radical (unpaired) electrons. The minimum absolute atomic E-state index is 0.227. The number of nitrogen functional groups attached to an aromatic ring is 1. The number of hydrogen-bond donors (Lipinski definition) is 2. The molecule has 1 aromatic carbocycles. The van der Waals surface area contributed by atoms with Crippen LogP contribution in [0.15, 0.2) is 35.7 Å². The van der Waals surface area contributed by atoms with E-state index in [-0.39, 0.29) is 5.91 Å². The zero-order chi connectivity index (χ0) is 13.0. The molecule has 1 amide bonds. The van der Waals surface area contributed by atoms with Crippen LogP contribution in [0.5, 0.6) is 0 Å². The van der Waals surface area contributed by atoms with Crippen molar-refractivity contribution in [3.63, 3.8) is 0 Å². The molecule has 94 valence electrons. The van der Waals surface area contributed by atoms with E-state index in [0.29, 0.717) is 22.8 Å². The van der Waals surface area contributed by atoms with E-state index in [2.05, 4.69) is 5.32 Å². The molecular formula is C13H13ClN2OS. The van der Waals surface area contributed by atoms with Gasteiger partial charge >= 0.3 is 0 Å². The van der Waals surface area contributed by atoms with Crippen molar-refractivity contribution in [3.8, 4) is 0 Å². The van der Waals surface area contributed by atoms with Gasteiger partial charge in [-0.2, -0.15) is 0 Å². The summed E-state index contributed by atoms with van der Waals surface area (Å²) in [6.07, 6.45) is 0.813. The van der Waals surface area contributed by atoms with Gasteiger partial charge in [0.2, 0.25) is 0 Å². The van der Waals surface area contributed by atoms with E-state index in [1.807, 2.05) is 17.5 Å².